The smallest absolute Gasteiger partial charge is 0.306 e. The van der Waals surface area contributed by atoms with Gasteiger partial charge in [-0.2, -0.15) is 0 Å². The van der Waals surface area contributed by atoms with Gasteiger partial charge in [0, 0.05) is 19.3 Å². The summed E-state index contributed by atoms with van der Waals surface area (Å²) in [7, 11) is 0. The second-order valence-electron chi connectivity index (χ2n) is 23.1. The fourth-order valence-electron chi connectivity index (χ4n) is 9.78. The van der Waals surface area contributed by atoms with Crippen LogP contribution < -0.4 is 0 Å². The molecule has 0 saturated heterocycles. The highest BCUT2D eigenvalue weighted by atomic mass is 16.6. The molecule has 1 unspecified atom stereocenters. The van der Waals surface area contributed by atoms with Gasteiger partial charge in [0.05, 0.1) is 0 Å². The third kappa shape index (κ3) is 66.9. The molecule has 82 heavy (non-hydrogen) atoms. The standard InChI is InChI=1S/C76H130O6/c1-4-7-10-13-16-19-22-24-26-28-30-32-34-36-38-40-42-44-46-48-50-52-54-57-60-63-66-69-75(78)81-72-73(71-80-74(77)68-65-62-59-56-21-18-15-12-9-6-3)82-76(79)70-67-64-61-58-55-53-51-49-47-45-43-41-39-37-35-33-31-29-27-25-23-20-17-14-11-8-5-2/h7,10,12,15-16,19,23-26,29-32,35-38,73H,4-6,8-9,11,13-14,17-18,20-22,27-28,33-34,39-72H2,1-3H3/b10-7-,15-12-,19-16-,25-23-,26-24-,31-29-,32-30-,37-35-,38-36-. The molecule has 0 radical (unpaired) electrons. The summed E-state index contributed by atoms with van der Waals surface area (Å²) in [5.41, 5.74) is 0. The van der Waals surface area contributed by atoms with Crippen molar-refractivity contribution in [2.24, 2.45) is 0 Å². The van der Waals surface area contributed by atoms with Crippen molar-refractivity contribution in [2.45, 2.75) is 341 Å². The first-order chi connectivity index (χ1) is 40.5. The van der Waals surface area contributed by atoms with E-state index in [4.69, 9.17) is 14.2 Å². The van der Waals surface area contributed by atoms with Gasteiger partial charge in [0.25, 0.3) is 0 Å². The summed E-state index contributed by atoms with van der Waals surface area (Å²) in [6, 6.07) is 0. The van der Waals surface area contributed by atoms with E-state index in [2.05, 4.69) is 130 Å². The Morgan fingerprint density at radius 3 is 0.805 bits per heavy atom. The van der Waals surface area contributed by atoms with E-state index in [1.807, 2.05) is 0 Å². The molecular formula is C76H130O6. The molecule has 0 aromatic rings. The lowest BCUT2D eigenvalue weighted by Gasteiger charge is -2.18. The highest BCUT2D eigenvalue weighted by Crippen LogP contribution is 2.17. The average molecular weight is 1140 g/mol. The topological polar surface area (TPSA) is 78.9 Å². The van der Waals surface area contributed by atoms with Crippen LogP contribution in [-0.4, -0.2) is 37.2 Å². The minimum absolute atomic E-state index is 0.0821. The second-order valence-corrected chi connectivity index (χ2v) is 23.1. The fraction of sp³-hybridized carbons (Fsp3) is 0.724. The largest absolute Gasteiger partial charge is 0.462 e. The Kier molecular flexibility index (Phi) is 66.2. The van der Waals surface area contributed by atoms with Crippen molar-refractivity contribution in [1.82, 2.24) is 0 Å². The molecule has 0 heterocycles. The number of hydrogen-bond acceptors (Lipinski definition) is 6. The van der Waals surface area contributed by atoms with E-state index < -0.39 is 6.10 Å². The Morgan fingerprint density at radius 2 is 0.500 bits per heavy atom. The highest BCUT2D eigenvalue weighted by Gasteiger charge is 2.19. The zero-order valence-corrected chi connectivity index (χ0v) is 54.0. The molecular weight excluding hydrogens is 1010 g/mol. The molecule has 0 bridgehead atoms. The maximum absolute atomic E-state index is 12.9. The Hall–Kier alpha value is -3.93. The van der Waals surface area contributed by atoms with E-state index in [9.17, 15) is 14.4 Å². The van der Waals surface area contributed by atoms with Crippen LogP contribution in [0.1, 0.15) is 335 Å². The van der Waals surface area contributed by atoms with Crippen molar-refractivity contribution in [1.29, 1.82) is 0 Å². The predicted octanol–water partition coefficient (Wildman–Crippen LogP) is 24.2. The lowest BCUT2D eigenvalue weighted by Crippen LogP contribution is -2.30. The number of carbonyl (C=O) groups is 3. The lowest BCUT2D eigenvalue weighted by molar-refractivity contribution is -0.167. The minimum atomic E-state index is -0.785. The molecule has 0 aliphatic heterocycles. The Morgan fingerprint density at radius 1 is 0.256 bits per heavy atom. The molecule has 0 saturated carbocycles. The second kappa shape index (κ2) is 69.6. The van der Waals surface area contributed by atoms with Crippen LogP contribution in [0.3, 0.4) is 0 Å². The molecule has 0 aromatic heterocycles. The van der Waals surface area contributed by atoms with Crippen molar-refractivity contribution < 1.29 is 28.6 Å². The van der Waals surface area contributed by atoms with Crippen LogP contribution in [0.15, 0.2) is 109 Å². The van der Waals surface area contributed by atoms with Gasteiger partial charge in [-0.15, -0.1) is 0 Å². The average Bonchev–Trinajstić information content (AvgIpc) is 3.48. The molecule has 0 spiro atoms. The molecule has 0 rings (SSSR count). The van der Waals surface area contributed by atoms with Crippen molar-refractivity contribution in [3.05, 3.63) is 109 Å². The van der Waals surface area contributed by atoms with Gasteiger partial charge in [-0.25, -0.2) is 0 Å². The van der Waals surface area contributed by atoms with Gasteiger partial charge in [-0.3, -0.25) is 14.4 Å². The molecule has 0 aromatic carbocycles. The van der Waals surface area contributed by atoms with Crippen LogP contribution in [0.2, 0.25) is 0 Å². The van der Waals surface area contributed by atoms with Crippen molar-refractivity contribution in [3.63, 3.8) is 0 Å². The third-order valence-electron chi connectivity index (χ3n) is 15.0. The molecule has 1 atom stereocenters. The van der Waals surface area contributed by atoms with Gasteiger partial charge in [-0.1, -0.05) is 304 Å². The molecule has 6 nitrogen and oxygen atoms in total. The fourth-order valence-corrected chi connectivity index (χ4v) is 9.78. The maximum Gasteiger partial charge on any atom is 0.306 e. The molecule has 0 aliphatic carbocycles. The van der Waals surface area contributed by atoms with Gasteiger partial charge >= 0.3 is 17.9 Å². The van der Waals surface area contributed by atoms with Gasteiger partial charge in [0.15, 0.2) is 6.10 Å². The summed E-state index contributed by atoms with van der Waals surface area (Å²) < 4.78 is 16.9. The molecule has 0 aliphatic rings. The Bertz CT molecular complexity index is 1640. The quantitative estimate of drug-likeness (QED) is 0.0261. The maximum atomic E-state index is 12.9. The van der Waals surface area contributed by atoms with Gasteiger partial charge in [0.1, 0.15) is 13.2 Å². The first-order valence-electron chi connectivity index (χ1n) is 34.9. The summed E-state index contributed by atoms with van der Waals surface area (Å²) in [4.78, 5) is 38.3. The Balaban J connectivity index is 4.22. The van der Waals surface area contributed by atoms with Crippen LogP contribution in [0, 0.1) is 0 Å². The van der Waals surface area contributed by atoms with E-state index in [-0.39, 0.29) is 31.1 Å². The van der Waals surface area contributed by atoms with Crippen LogP contribution >= 0.6 is 0 Å². The summed E-state index contributed by atoms with van der Waals surface area (Å²) in [5.74, 6) is -0.887. The van der Waals surface area contributed by atoms with Crippen molar-refractivity contribution >= 4 is 17.9 Å². The SMILES string of the molecule is CC/C=C\C/C=C\C/C=C\C/C=C\C/C=C\CCCCCCCCCCCCCC(=O)OCC(COC(=O)CCCCCCC/C=C\CCC)OC(=O)CCCCCCCCCCCCCC/C=C\C/C=C\C/C=C\CCCCCCC. The molecule has 0 N–H and O–H groups in total. The molecule has 470 valence electrons. The van der Waals surface area contributed by atoms with Crippen molar-refractivity contribution in [3.8, 4) is 0 Å². The number of esters is 3. The zero-order valence-electron chi connectivity index (χ0n) is 54.0. The van der Waals surface area contributed by atoms with E-state index in [1.54, 1.807) is 0 Å². The van der Waals surface area contributed by atoms with Crippen LogP contribution in [0.5, 0.6) is 0 Å². The summed E-state index contributed by atoms with van der Waals surface area (Å²) in [5, 5.41) is 0. The zero-order chi connectivity index (χ0) is 59.2. The van der Waals surface area contributed by atoms with Crippen LogP contribution in [0.4, 0.5) is 0 Å². The van der Waals surface area contributed by atoms with Crippen LogP contribution in [0.25, 0.3) is 0 Å². The normalized spacial score (nSPS) is 12.8. The highest BCUT2D eigenvalue weighted by molar-refractivity contribution is 5.71. The summed E-state index contributed by atoms with van der Waals surface area (Å²) >= 11 is 0. The number of hydrogen-bond donors (Lipinski definition) is 0. The monoisotopic (exact) mass is 1140 g/mol. The Labute approximate surface area is 508 Å². The van der Waals surface area contributed by atoms with Gasteiger partial charge in [0.2, 0.25) is 0 Å². The van der Waals surface area contributed by atoms with Crippen LogP contribution in [-0.2, 0) is 28.6 Å². The third-order valence-corrected chi connectivity index (χ3v) is 15.0. The minimum Gasteiger partial charge on any atom is -0.462 e. The first-order valence-corrected chi connectivity index (χ1v) is 34.9. The molecule has 0 fully saturated rings. The molecule has 6 heteroatoms. The predicted molar refractivity (Wildman–Crippen MR) is 357 cm³/mol. The number of allylic oxidation sites excluding steroid dienone is 18. The first kappa shape index (κ1) is 78.1. The number of carbonyl (C=O) groups excluding carboxylic acids is 3. The van der Waals surface area contributed by atoms with E-state index in [0.29, 0.717) is 19.3 Å². The van der Waals surface area contributed by atoms with Gasteiger partial charge in [-0.05, 0) is 122 Å². The lowest BCUT2D eigenvalue weighted by atomic mass is 10.0. The summed E-state index contributed by atoms with van der Waals surface area (Å²) in [6.07, 6.45) is 95.5. The van der Waals surface area contributed by atoms with E-state index >= 15 is 0 Å². The number of rotatable bonds is 63. The number of ether oxygens (including phenoxy) is 3. The van der Waals surface area contributed by atoms with E-state index in [0.717, 1.165) is 116 Å². The van der Waals surface area contributed by atoms with E-state index in [1.165, 1.54) is 180 Å². The molecule has 0 amide bonds. The van der Waals surface area contributed by atoms with Gasteiger partial charge < -0.3 is 14.2 Å². The van der Waals surface area contributed by atoms with Crippen molar-refractivity contribution in [2.75, 3.05) is 13.2 Å². The number of unbranched alkanes of at least 4 members (excludes halogenated alkanes) is 34. The summed E-state index contributed by atoms with van der Waals surface area (Å²) in [6.45, 7) is 6.47.